The second kappa shape index (κ2) is 6.05. The summed E-state index contributed by atoms with van der Waals surface area (Å²) in [5.41, 5.74) is -0.0246. The van der Waals surface area contributed by atoms with Crippen molar-refractivity contribution in [2.24, 2.45) is 0 Å². The zero-order chi connectivity index (χ0) is 13.8. The van der Waals surface area contributed by atoms with E-state index in [-0.39, 0.29) is 5.69 Å². The number of hydrogen-bond donors (Lipinski definition) is 1. The van der Waals surface area contributed by atoms with Crippen molar-refractivity contribution >= 4 is 29.1 Å². The Morgan fingerprint density at radius 3 is 3.05 bits per heavy atom. The largest absolute Gasteiger partial charge is 0.364 e. The summed E-state index contributed by atoms with van der Waals surface area (Å²) >= 11 is 1.87. The molecule has 1 aliphatic heterocycles. The number of nitrogens with one attached hydrogen (secondary N) is 1. The molecule has 0 aliphatic carbocycles. The summed E-state index contributed by atoms with van der Waals surface area (Å²) in [6, 6.07) is 0. The van der Waals surface area contributed by atoms with Crippen molar-refractivity contribution in [3.05, 3.63) is 16.4 Å². The average molecular weight is 283 g/mol. The van der Waals surface area contributed by atoms with Crippen molar-refractivity contribution in [1.82, 2.24) is 9.97 Å². The first-order valence-corrected chi connectivity index (χ1v) is 7.28. The van der Waals surface area contributed by atoms with Gasteiger partial charge in [-0.3, -0.25) is 10.1 Å². The van der Waals surface area contributed by atoms with Gasteiger partial charge in [0, 0.05) is 30.6 Å². The second-order valence-corrected chi connectivity index (χ2v) is 5.86. The average Bonchev–Trinajstić information content (AvgIpc) is 2.38. The molecule has 1 unspecified atom stereocenters. The molecule has 0 bridgehead atoms. The Morgan fingerprint density at radius 1 is 1.63 bits per heavy atom. The van der Waals surface area contributed by atoms with Gasteiger partial charge in [0.1, 0.15) is 6.33 Å². The molecule has 1 aliphatic rings. The van der Waals surface area contributed by atoms with Crippen LogP contribution >= 0.6 is 11.8 Å². The highest BCUT2D eigenvalue weighted by Crippen LogP contribution is 2.33. The fraction of sp³-hybridized carbons (Fsp3) is 0.636. The second-order valence-electron chi connectivity index (χ2n) is 4.31. The van der Waals surface area contributed by atoms with Crippen molar-refractivity contribution in [3.63, 3.8) is 0 Å². The van der Waals surface area contributed by atoms with Gasteiger partial charge in [0.2, 0.25) is 11.6 Å². The number of nitro groups is 1. The number of nitrogens with zero attached hydrogens (tertiary/aromatic N) is 4. The van der Waals surface area contributed by atoms with E-state index in [0.717, 1.165) is 18.8 Å². The van der Waals surface area contributed by atoms with Gasteiger partial charge in [0.25, 0.3) is 0 Å². The van der Waals surface area contributed by atoms with Crippen LogP contribution in [-0.4, -0.2) is 45.5 Å². The fourth-order valence-corrected chi connectivity index (χ4v) is 3.09. The normalized spacial score (nSPS) is 19.3. The third-order valence-electron chi connectivity index (χ3n) is 2.87. The number of thioether (sulfide) groups is 1. The summed E-state index contributed by atoms with van der Waals surface area (Å²) in [7, 11) is 0. The van der Waals surface area contributed by atoms with Crippen LogP contribution in [0.25, 0.3) is 0 Å². The van der Waals surface area contributed by atoms with Gasteiger partial charge in [-0.15, -0.1) is 0 Å². The van der Waals surface area contributed by atoms with E-state index in [0.29, 0.717) is 23.4 Å². The van der Waals surface area contributed by atoms with Crippen LogP contribution < -0.4 is 10.2 Å². The standard InChI is InChI=1S/C11H17N5O2S/c1-3-12-10-9(16(17)18)11(14-7-13-10)15-4-5-19-8(2)6-15/h7-8H,3-6H2,1-2H3,(H,12,13,14). The Labute approximate surface area is 116 Å². The zero-order valence-electron chi connectivity index (χ0n) is 11.0. The molecule has 0 radical (unpaired) electrons. The van der Waals surface area contributed by atoms with E-state index < -0.39 is 4.92 Å². The summed E-state index contributed by atoms with van der Waals surface area (Å²) in [5.74, 6) is 1.67. The maximum absolute atomic E-state index is 11.3. The van der Waals surface area contributed by atoms with E-state index in [1.807, 2.05) is 23.6 Å². The van der Waals surface area contributed by atoms with Gasteiger partial charge >= 0.3 is 5.69 Å². The van der Waals surface area contributed by atoms with Gasteiger partial charge in [0.05, 0.1) is 4.92 Å². The van der Waals surface area contributed by atoms with E-state index in [2.05, 4.69) is 22.2 Å². The van der Waals surface area contributed by atoms with Crippen LogP contribution in [0.3, 0.4) is 0 Å². The summed E-state index contributed by atoms with van der Waals surface area (Å²) in [6.45, 7) is 6.14. The summed E-state index contributed by atoms with van der Waals surface area (Å²) in [5, 5.41) is 14.7. The third-order valence-corrected chi connectivity index (χ3v) is 4.01. The summed E-state index contributed by atoms with van der Waals surface area (Å²) < 4.78 is 0. The first-order valence-electron chi connectivity index (χ1n) is 6.23. The smallest absolute Gasteiger partial charge is 0.353 e. The molecule has 0 saturated carbocycles. The van der Waals surface area contributed by atoms with Crippen molar-refractivity contribution in [1.29, 1.82) is 0 Å². The Balaban J connectivity index is 2.38. The first-order chi connectivity index (χ1) is 9.13. The molecule has 0 spiro atoms. The minimum Gasteiger partial charge on any atom is -0.364 e. The molecule has 1 fully saturated rings. The number of rotatable bonds is 4. The van der Waals surface area contributed by atoms with Crippen LogP contribution in [-0.2, 0) is 0 Å². The maximum Gasteiger partial charge on any atom is 0.353 e. The fourth-order valence-electron chi connectivity index (χ4n) is 2.08. The topological polar surface area (TPSA) is 84.2 Å². The Hall–Kier alpha value is -1.57. The molecular weight excluding hydrogens is 266 g/mol. The van der Waals surface area contributed by atoms with Crippen LogP contribution in [0.1, 0.15) is 13.8 Å². The van der Waals surface area contributed by atoms with Crippen molar-refractivity contribution in [2.75, 3.05) is 35.6 Å². The highest BCUT2D eigenvalue weighted by atomic mass is 32.2. The molecular formula is C11H17N5O2S. The molecule has 1 saturated heterocycles. The van der Waals surface area contributed by atoms with Crippen LogP contribution in [0.15, 0.2) is 6.33 Å². The van der Waals surface area contributed by atoms with Crippen LogP contribution in [0.2, 0.25) is 0 Å². The van der Waals surface area contributed by atoms with Crippen LogP contribution in [0, 0.1) is 10.1 Å². The molecule has 19 heavy (non-hydrogen) atoms. The molecule has 1 aromatic heterocycles. The SMILES string of the molecule is CCNc1ncnc(N2CCSC(C)C2)c1[N+](=O)[O-]. The van der Waals surface area contributed by atoms with Gasteiger partial charge in [-0.2, -0.15) is 11.8 Å². The molecule has 2 rings (SSSR count). The predicted octanol–water partition coefficient (Wildman–Crippen LogP) is 1.76. The Morgan fingerprint density at radius 2 is 2.42 bits per heavy atom. The lowest BCUT2D eigenvalue weighted by atomic mass is 10.3. The summed E-state index contributed by atoms with van der Waals surface area (Å²) in [4.78, 5) is 21.0. The molecule has 1 aromatic rings. The Bertz CT molecular complexity index is 470. The van der Waals surface area contributed by atoms with Crippen molar-refractivity contribution in [3.8, 4) is 0 Å². The number of anilines is 2. The molecule has 0 amide bonds. The van der Waals surface area contributed by atoms with Crippen molar-refractivity contribution in [2.45, 2.75) is 19.1 Å². The zero-order valence-corrected chi connectivity index (χ0v) is 11.8. The van der Waals surface area contributed by atoms with E-state index in [9.17, 15) is 10.1 Å². The minimum atomic E-state index is -0.403. The third kappa shape index (κ3) is 3.06. The van der Waals surface area contributed by atoms with E-state index in [4.69, 9.17) is 0 Å². The molecule has 0 aromatic carbocycles. The van der Waals surface area contributed by atoms with Gasteiger partial charge < -0.3 is 10.2 Å². The highest BCUT2D eigenvalue weighted by molar-refractivity contribution is 8.00. The first kappa shape index (κ1) is 13.9. The lowest BCUT2D eigenvalue weighted by molar-refractivity contribution is -0.383. The molecule has 8 heteroatoms. The Kier molecular flexibility index (Phi) is 4.41. The molecule has 104 valence electrons. The number of aromatic nitrogens is 2. The lowest BCUT2D eigenvalue weighted by Crippen LogP contribution is -2.37. The molecule has 7 nitrogen and oxygen atoms in total. The maximum atomic E-state index is 11.3. The van der Waals surface area contributed by atoms with Crippen LogP contribution in [0.5, 0.6) is 0 Å². The molecule has 2 heterocycles. The quantitative estimate of drug-likeness (QED) is 0.665. The summed E-state index contributed by atoms with van der Waals surface area (Å²) in [6.07, 6.45) is 1.38. The molecule has 1 atom stereocenters. The van der Waals surface area contributed by atoms with Gasteiger partial charge in [-0.1, -0.05) is 6.92 Å². The van der Waals surface area contributed by atoms with Crippen LogP contribution in [0.4, 0.5) is 17.3 Å². The lowest BCUT2D eigenvalue weighted by Gasteiger charge is -2.31. The van der Waals surface area contributed by atoms with E-state index in [1.54, 1.807) is 0 Å². The van der Waals surface area contributed by atoms with E-state index >= 15 is 0 Å². The predicted molar refractivity (Wildman–Crippen MR) is 77.0 cm³/mol. The van der Waals surface area contributed by atoms with Crippen molar-refractivity contribution < 1.29 is 4.92 Å². The van der Waals surface area contributed by atoms with Gasteiger partial charge in [0.15, 0.2) is 0 Å². The highest BCUT2D eigenvalue weighted by Gasteiger charge is 2.29. The monoisotopic (exact) mass is 283 g/mol. The number of hydrogen-bond acceptors (Lipinski definition) is 7. The van der Waals surface area contributed by atoms with Gasteiger partial charge in [-0.05, 0) is 6.92 Å². The van der Waals surface area contributed by atoms with Gasteiger partial charge in [-0.25, -0.2) is 9.97 Å². The minimum absolute atomic E-state index is 0.0246. The molecule has 1 N–H and O–H groups in total. The van der Waals surface area contributed by atoms with E-state index in [1.165, 1.54) is 6.33 Å².